The number of fused-ring (bicyclic) bond motifs is 3. The van der Waals surface area contributed by atoms with Crippen LogP contribution in [0.15, 0.2) is 85.1 Å². The Morgan fingerprint density at radius 2 is 1.72 bits per heavy atom. The van der Waals surface area contributed by atoms with Crippen molar-refractivity contribution in [2.45, 2.75) is 79.9 Å². The van der Waals surface area contributed by atoms with Crippen molar-refractivity contribution in [1.29, 1.82) is 0 Å². The van der Waals surface area contributed by atoms with Gasteiger partial charge >= 0.3 is 11.9 Å². The Morgan fingerprint density at radius 3 is 2.49 bits per heavy atom. The lowest BCUT2D eigenvalue weighted by Crippen LogP contribution is -2.66. The fourth-order valence-corrected chi connectivity index (χ4v) is 8.73. The Labute approximate surface area is 348 Å². The maximum absolute atomic E-state index is 12.4. The van der Waals surface area contributed by atoms with Crippen molar-refractivity contribution in [3.05, 3.63) is 102 Å². The van der Waals surface area contributed by atoms with E-state index in [-0.39, 0.29) is 5.75 Å². The summed E-state index contributed by atoms with van der Waals surface area (Å²) < 4.78 is 43.9. The number of aromatic amines is 1. The van der Waals surface area contributed by atoms with Crippen LogP contribution >= 0.6 is 0 Å². The first-order valence-corrected chi connectivity index (χ1v) is 19.8. The third-order valence-electron chi connectivity index (χ3n) is 11.5. The Morgan fingerprint density at radius 1 is 0.934 bits per heavy atom. The number of H-pyrrole nitrogens is 1. The van der Waals surface area contributed by atoms with E-state index < -0.39 is 85.4 Å². The second-order valence-electron chi connectivity index (χ2n) is 15.3. The molecular weight excluding hydrogens is 791 g/mol. The summed E-state index contributed by atoms with van der Waals surface area (Å²) in [5.41, 5.74) is 16.6. The molecule has 9 rings (SSSR count). The van der Waals surface area contributed by atoms with Gasteiger partial charge in [-0.3, -0.25) is 9.59 Å². The maximum Gasteiger partial charge on any atom is 0.317 e. The number of nitrogens with two attached hydrogens (primary N) is 2. The molecule has 1 fully saturated rings. The summed E-state index contributed by atoms with van der Waals surface area (Å²) in [5.74, 6) is 5.26. The number of hydrogen-bond donors (Lipinski definition) is 7. The fraction of sp³-hybridized carbons (Fsp3) is 0.333. The molecule has 16 nitrogen and oxygen atoms in total. The van der Waals surface area contributed by atoms with E-state index in [4.69, 9.17) is 49.7 Å². The number of esters is 1. The Kier molecular flexibility index (Phi) is 10.7. The summed E-state index contributed by atoms with van der Waals surface area (Å²) >= 11 is 0. The second kappa shape index (κ2) is 16.3. The molecule has 1 aromatic heterocycles. The van der Waals surface area contributed by atoms with Crippen LogP contribution in [-0.4, -0.2) is 100 Å². The summed E-state index contributed by atoms with van der Waals surface area (Å²) in [4.78, 5) is 27.0. The van der Waals surface area contributed by atoms with Crippen molar-refractivity contribution in [2.75, 3.05) is 13.7 Å². The molecule has 4 bridgehead atoms. The number of benzene rings is 4. The monoisotopic (exact) mass is 833 g/mol. The van der Waals surface area contributed by atoms with Crippen LogP contribution in [0.1, 0.15) is 47.5 Å². The Hall–Kier alpha value is -6.32. The normalized spacial score (nSPS) is 26.6. The number of aromatic nitrogens is 1. The highest BCUT2D eigenvalue weighted by Crippen LogP contribution is 2.62. The molecule has 0 radical (unpaired) electrons. The summed E-state index contributed by atoms with van der Waals surface area (Å²) in [6.45, 7) is 0.299. The number of carboxylic acids is 1. The highest BCUT2D eigenvalue weighted by molar-refractivity contribution is 5.97. The quantitative estimate of drug-likeness (QED) is 0.0462. The van der Waals surface area contributed by atoms with Crippen molar-refractivity contribution in [1.82, 2.24) is 4.98 Å². The molecule has 0 spiro atoms. The van der Waals surface area contributed by atoms with Crippen LogP contribution in [0.25, 0.3) is 22.0 Å². The lowest BCUT2D eigenvalue weighted by molar-refractivity contribution is -0.291. The van der Waals surface area contributed by atoms with Crippen LogP contribution in [0.4, 0.5) is 0 Å². The first-order chi connectivity index (χ1) is 29.5. The van der Waals surface area contributed by atoms with E-state index in [1.165, 1.54) is 0 Å². The SMILES string of the molecule is COc1ccc2c3c1OCCC#CC(c1ccccc1)C1Oc4cc(OC5OC(C(OC(=O)CC(=O)O)C(N)N)C(O)C(O)C5O)cc(-c5c[nH]c6ccccc56)c4C(O3)C21. The van der Waals surface area contributed by atoms with Crippen molar-refractivity contribution in [3.63, 3.8) is 0 Å². The Bertz CT molecular complexity index is 2530. The summed E-state index contributed by atoms with van der Waals surface area (Å²) in [5, 5.41) is 43.3. The van der Waals surface area contributed by atoms with Crippen LogP contribution in [0.3, 0.4) is 0 Å². The summed E-state index contributed by atoms with van der Waals surface area (Å²) in [7, 11) is 1.57. The van der Waals surface area contributed by atoms with Crippen LogP contribution in [-0.2, 0) is 19.1 Å². The van der Waals surface area contributed by atoms with Gasteiger partial charge in [-0.1, -0.05) is 66.4 Å². The van der Waals surface area contributed by atoms with E-state index in [1.807, 2.05) is 72.9 Å². The van der Waals surface area contributed by atoms with Gasteiger partial charge in [0, 0.05) is 46.3 Å². The standard InChI is InChI=1S/C45H43N3O13/c1-55-29-15-14-25-34-38-23(21-9-3-2-4-10-21)11-7-8-16-56-40(29)39(25)60-41(34)33-26(27-20-48-28-13-6-5-12-24(27)28)17-22(18-30(33)58-38)57-45-37(54)35(52)36(53)42(61-45)43(44(46)47)59-32(51)19-31(49)50/h2-6,9-10,12-15,17-18,20,23,34-38,41-45,48,52-54H,8,16,19,46-47H2,1H3,(H,49,50). The number of aliphatic hydroxyl groups excluding tert-OH is 3. The summed E-state index contributed by atoms with van der Waals surface area (Å²) in [6, 6.07) is 24.8. The molecule has 10 atom stereocenters. The molecule has 4 aliphatic rings. The van der Waals surface area contributed by atoms with Crippen LogP contribution in [0.5, 0.6) is 28.7 Å². The zero-order valence-electron chi connectivity index (χ0n) is 32.7. The van der Waals surface area contributed by atoms with Gasteiger partial charge in [-0.15, -0.1) is 0 Å². The number of aliphatic hydroxyl groups is 3. The first kappa shape index (κ1) is 40.1. The van der Waals surface area contributed by atoms with E-state index in [0.717, 1.165) is 27.6 Å². The van der Waals surface area contributed by atoms with E-state index >= 15 is 0 Å². The molecule has 9 N–H and O–H groups in total. The van der Waals surface area contributed by atoms with Crippen LogP contribution in [0.2, 0.25) is 0 Å². The number of carbonyl (C=O) groups is 2. The predicted molar refractivity (Wildman–Crippen MR) is 216 cm³/mol. The van der Waals surface area contributed by atoms with Crippen molar-refractivity contribution < 1.29 is 63.2 Å². The Balaban J connectivity index is 1.19. The number of aliphatic carboxylic acids is 1. The molecule has 10 unspecified atom stereocenters. The minimum Gasteiger partial charge on any atom is -0.493 e. The van der Waals surface area contributed by atoms with Crippen molar-refractivity contribution in [3.8, 4) is 51.7 Å². The van der Waals surface area contributed by atoms with Crippen LogP contribution < -0.4 is 35.2 Å². The lowest BCUT2D eigenvalue weighted by Gasteiger charge is -2.43. The highest BCUT2D eigenvalue weighted by atomic mass is 16.7. The highest BCUT2D eigenvalue weighted by Gasteiger charge is 2.53. The van der Waals surface area contributed by atoms with E-state index in [1.54, 1.807) is 19.2 Å². The number of nitrogens with one attached hydrogen (secondary N) is 1. The topological polar surface area (TPSA) is 247 Å². The van der Waals surface area contributed by atoms with Gasteiger partial charge in [0.15, 0.2) is 17.6 Å². The zero-order chi connectivity index (χ0) is 42.5. The first-order valence-electron chi connectivity index (χ1n) is 19.8. The van der Waals surface area contributed by atoms with Gasteiger partial charge in [-0.25, -0.2) is 0 Å². The number of hydrogen-bond acceptors (Lipinski definition) is 14. The number of ether oxygens (including phenoxy) is 7. The molecule has 316 valence electrons. The molecule has 5 aromatic rings. The van der Waals surface area contributed by atoms with E-state index in [0.29, 0.717) is 47.2 Å². The molecule has 16 heteroatoms. The molecule has 0 saturated carbocycles. The average molecular weight is 834 g/mol. The molecule has 4 aromatic carbocycles. The third kappa shape index (κ3) is 7.24. The van der Waals surface area contributed by atoms with Gasteiger partial charge in [0.1, 0.15) is 54.5 Å². The second-order valence-corrected chi connectivity index (χ2v) is 15.3. The van der Waals surface area contributed by atoms with Crippen molar-refractivity contribution in [2.24, 2.45) is 11.5 Å². The maximum atomic E-state index is 12.4. The number of methoxy groups -OCH3 is 1. The van der Waals surface area contributed by atoms with Gasteiger partial charge in [0.25, 0.3) is 0 Å². The molecule has 4 aliphatic heterocycles. The third-order valence-corrected chi connectivity index (χ3v) is 11.5. The largest absolute Gasteiger partial charge is 0.493 e. The van der Waals surface area contributed by atoms with E-state index in [2.05, 4.69) is 16.8 Å². The predicted octanol–water partition coefficient (Wildman–Crippen LogP) is 3.21. The van der Waals surface area contributed by atoms with Crippen molar-refractivity contribution >= 4 is 22.8 Å². The van der Waals surface area contributed by atoms with E-state index in [9.17, 15) is 24.9 Å². The molecular formula is C45H43N3O13. The molecule has 1 saturated heterocycles. The minimum absolute atomic E-state index is 0.115. The zero-order valence-corrected chi connectivity index (χ0v) is 32.7. The molecule has 5 heterocycles. The number of rotatable bonds is 10. The lowest BCUT2D eigenvalue weighted by atomic mass is 9.75. The molecule has 0 amide bonds. The van der Waals surface area contributed by atoms with Gasteiger partial charge in [-0.2, -0.15) is 0 Å². The van der Waals surface area contributed by atoms with Gasteiger partial charge in [0.05, 0.1) is 31.7 Å². The van der Waals surface area contributed by atoms with Gasteiger partial charge in [0.2, 0.25) is 12.0 Å². The van der Waals surface area contributed by atoms with Gasteiger partial charge < -0.3 is 70.0 Å². The number of para-hydroxylation sites is 1. The van der Waals surface area contributed by atoms with Crippen LogP contribution in [0, 0.1) is 11.8 Å². The minimum atomic E-state index is -1.90. The fourth-order valence-electron chi connectivity index (χ4n) is 8.73. The molecule has 61 heavy (non-hydrogen) atoms. The van der Waals surface area contributed by atoms with Gasteiger partial charge in [-0.05, 0) is 29.3 Å². The number of carboxylic acid groups (broad SMARTS) is 1. The molecule has 0 aliphatic carbocycles. The summed E-state index contributed by atoms with van der Waals surface area (Å²) in [6.07, 6.45) is -12.1. The number of carbonyl (C=O) groups excluding carboxylic acids is 1. The average Bonchev–Trinajstić information content (AvgIpc) is 3.86. The smallest absolute Gasteiger partial charge is 0.317 e.